The van der Waals surface area contributed by atoms with Gasteiger partial charge < -0.3 is 9.88 Å². The Bertz CT molecular complexity index is 1090. The van der Waals surface area contributed by atoms with Gasteiger partial charge in [-0.1, -0.05) is 48.6 Å². The predicted octanol–water partition coefficient (Wildman–Crippen LogP) is 5.56. The number of hydrogen-bond donors (Lipinski definition) is 1. The first kappa shape index (κ1) is 14.4. The number of hydrogen-bond acceptors (Lipinski definition) is 1. The Morgan fingerprint density at radius 2 is 1.80 bits per heavy atom. The molecule has 3 aromatic rings. The minimum Gasteiger partial charge on any atom is -0.355 e. The lowest BCUT2D eigenvalue weighted by Gasteiger charge is -2.24. The molecule has 2 aromatic carbocycles. The van der Waals surface area contributed by atoms with Gasteiger partial charge in [0.15, 0.2) is 0 Å². The highest BCUT2D eigenvalue weighted by molar-refractivity contribution is 6.02. The van der Waals surface area contributed by atoms with Gasteiger partial charge in [0.1, 0.15) is 0 Å². The minimum absolute atomic E-state index is 0.976. The highest BCUT2D eigenvalue weighted by atomic mass is 14.9. The zero-order valence-electron chi connectivity index (χ0n) is 14.5. The van der Waals surface area contributed by atoms with Gasteiger partial charge in [-0.2, -0.15) is 0 Å². The molecule has 2 heteroatoms. The third-order valence-electron chi connectivity index (χ3n) is 5.40. The first-order valence-electron chi connectivity index (χ1n) is 8.77. The van der Waals surface area contributed by atoms with Gasteiger partial charge in [0.25, 0.3) is 0 Å². The van der Waals surface area contributed by atoms with Crippen molar-refractivity contribution >= 4 is 22.2 Å². The zero-order chi connectivity index (χ0) is 17.0. The van der Waals surface area contributed by atoms with E-state index in [9.17, 15) is 0 Å². The van der Waals surface area contributed by atoms with Crippen LogP contribution in [0, 0.1) is 6.92 Å². The Morgan fingerprint density at radius 3 is 2.64 bits per heavy atom. The average molecular weight is 324 g/mol. The van der Waals surface area contributed by atoms with Gasteiger partial charge in [-0.15, -0.1) is 0 Å². The fraction of sp³-hybridized carbons (Fsp3) is 0.130. The molecular formula is C23H20N2. The number of aromatic nitrogens is 1. The average Bonchev–Trinajstić information content (AvgIpc) is 2.88. The van der Waals surface area contributed by atoms with E-state index < -0.39 is 0 Å². The topological polar surface area (TPSA) is 17.0 Å². The number of anilines is 1. The zero-order valence-corrected chi connectivity index (χ0v) is 14.5. The van der Waals surface area contributed by atoms with Crippen molar-refractivity contribution in [3.8, 4) is 0 Å². The lowest BCUT2D eigenvalue weighted by atomic mass is 9.86. The predicted molar refractivity (Wildman–Crippen MR) is 106 cm³/mol. The number of aryl methyl sites for hydroxylation is 1. The second kappa shape index (κ2) is 5.25. The monoisotopic (exact) mass is 324 g/mol. The second-order valence-electron chi connectivity index (χ2n) is 6.78. The Balaban J connectivity index is 1.93. The molecule has 0 atom stereocenters. The van der Waals surface area contributed by atoms with E-state index in [4.69, 9.17) is 0 Å². The van der Waals surface area contributed by atoms with Gasteiger partial charge >= 0.3 is 0 Å². The maximum absolute atomic E-state index is 3.59. The summed E-state index contributed by atoms with van der Waals surface area (Å²) in [6.07, 6.45) is 7.78. The summed E-state index contributed by atoms with van der Waals surface area (Å²) in [5, 5.41) is 4.91. The summed E-state index contributed by atoms with van der Waals surface area (Å²) in [7, 11) is 2.16. The van der Waals surface area contributed by atoms with E-state index in [-0.39, 0.29) is 0 Å². The molecule has 1 aliphatic carbocycles. The van der Waals surface area contributed by atoms with Crippen molar-refractivity contribution in [2.45, 2.75) is 13.3 Å². The highest BCUT2D eigenvalue weighted by Gasteiger charge is 2.23. The van der Waals surface area contributed by atoms with Crippen molar-refractivity contribution < 1.29 is 0 Å². The molecule has 0 spiro atoms. The van der Waals surface area contributed by atoms with E-state index in [0.717, 1.165) is 12.1 Å². The van der Waals surface area contributed by atoms with Gasteiger partial charge in [-0.3, -0.25) is 0 Å². The molecule has 0 fully saturated rings. The second-order valence-corrected chi connectivity index (χ2v) is 6.78. The maximum Gasteiger partial charge on any atom is 0.0486 e. The van der Waals surface area contributed by atoms with Crippen LogP contribution in [0.1, 0.15) is 23.2 Å². The number of nitrogens with one attached hydrogen (secondary N) is 1. The summed E-state index contributed by atoms with van der Waals surface area (Å²) >= 11 is 0. The number of nitrogens with zero attached hydrogens (tertiary/aromatic N) is 1. The SMILES string of the molecule is Cc1c(C2=C3C=CCC=C3Nc3ccc2cc3)c2ccccc2n1C. The summed E-state index contributed by atoms with van der Waals surface area (Å²) < 4.78 is 2.30. The fourth-order valence-corrected chi connectivity index (χ4v) is 4.05. The van der Waals surface area contributed by atoms with Crippen LogP contribution in [0.15, 0.2) is 78.0 Å². The minimum atomic E-state index is 0.976. The summed E-state index contributed by atoms with van der Waals surface area (Å²) in [6.45, 7) is 2.22. The van der Waals surface area contributed by atoms with Crippen molar-refractivity contribution in [2.75, 3.05) is 5.32 Å². The molecule has 3 heterocycles. The number of fused-ring (bicyclic) bond motifs is 3. The molecule has 0 amide bonds. The van der Waals surface area contributed by atoms with Crippen LogP contribution in [-0.2, 0) is 7.05 Å². The molecule has 1 aromatic heterocycles. The maximum atomic E-state index is 3.59. The Labute approximate surface area is 147 Å². The van der Waals surface area contributed by atoms with Crippen LogP contribution in [0.25, 0.3) is 16.5 Å². The third-order valence-corrected chi connectivity index (χ3v) is 5.40. The van der Waals surface area contributed by atoms with Crippen molar-refractivity contribution in [1.82, 2.24) is 4.57 Å². The number of rotatable bonds is 1. The summed E-state index contributed by atoms with van der Waals surface area (Å²) in [6, 6.07) is 17.5. The van der Waals surface area contributed by atoms with Gasteiger partial charge in [0.2, 0.25) is 0 Å². The van der Waals surface area contributed by atoms with Crippen LogP contribution in [0.2, 0.25) is 0 Å². The molecule has 2 nitrogen and oxygen atoms in total. The quantitative estimate of drug-likeness (QED) is 0.620. The van der Waals surface area contributed by atoms with Crippen LogP contribution in [0.3, 0.4) is 0 Å². The summed E-state index contributed by atoms with van der Waals surface area (Å²) in [5.41, 5.74) is 10.1. The lowest BCUT2D eigenvalue weighted by molar-refractivity contribution is 0.915. The van der Waals surface area contributed by atoms with Crippen molar-refractivity contribution in [3.63, 3.8) is 0 Å². The lowest BCUT2D eigenvalue weighted by Crippen LogP contribution is -2.10. The van der Waals surface area contributed by atoms with E-state index in [1.807, 2.05) is 0 Å². The van der Waals surface area contributed by atoms with Crippen LogP contribution in [0.5, 0.6) is 0 Å². The van der Waals surface area contributed by atoms with E-state index in [1.54, 1.807) is 0 Å². The van der Waals surface area contributed by atoms with Crippen LogP contribution < -0.4 is 5.32 Å². The smallest absolute Gasteiger partial charge is 0.0486 e. The number of benzene rings is 2. The molecule has 25 heavy (non-hydrogen) atoms. The molecule has 0 radical (unpaired) electrons. The normalized spacial score (nSPS) is 15.7. The fourth-order valence-electron chi connectivity index (χ4n) is 4.05. The highest BCUT2D eigenvalue weighted by Crippen LogP contribution is 2.41. The first-order valence-corrected chi connectivity index (χ1v) is 8.77. The molecular weight excluding hydrogens is 304 g/mol. The van der Waals surface area contributed by atoms with Crippen LogP contribution >= 0.6 is 0 Å². The first-order chi connectivity index (χ1) is 12.2. The molecule has 0 saturated carbocycles. The summed E-state index contributed by atoms with van der Waals surface area (Å²) in [5.74, 6) is 0. The molecule has 1 N–H and O–H groups in total. The van der Waals surface area contributed by atoms with E-state index in [2.05, 4.69) is 90.6 Å². The number of para-hydroxylation sites is 1. The standard InChI is InChI=1S/C23H20N2/c1-15-22(19-8-4-6-10-21(19)25(15)2)23-16-11-13-17(14-12-16)24-20-9-5-3-7-18(20)23/h3-4,6-14,24H,5H2,1-2H3. The van der Waals surface area contributed by atoms with Crippen molar-refractivity contribution in [3.05, 3.63) is 94.8 Å². The van der Waals surface area contributed by atoms with Gasteiger partial charge in [-0.05, 0) is 37.1 Å². The molecule has 2 aliphatic heterocycles. The van der Waals surface area contributed by atoms with Crippen LogP contribution in [0.4, 0.5) is 5.69 Å². The van der Waals surface area contributed by atoms with Gasteiger partial charge in [0, 0.05) is 51.7 Å². The van der Waals surface area contributed by atoms with E-state index in [0.29, 0.717) is 0 Å². The molecule has 0 unspecified atom stereocenters. The number of allylic oxidation sites excluding steroid dienone is 3. The molecule has 122 valence electrons. The largest absolute Gasteiger partial charge is 0.355 e. The third kappa shape index (κ3) is 2.04. The molecule has 6 rings (SSSR count). The molecule has 0 saturated heterocycles. The Kier molecular flexibility index (Phi) is 3.01. The van der Waals surface area contributed by atoms with Crippen molar-refractivity contribution in [2.24, 2.45) is 7.05 Å². The van der Waals surface area contributed by atoms with E-state index in [1.165, 1.54) is 44.6 Å². The van der Waals surface area contributed by atoms with Crippen LogP contribution in [-0.4, -0.2) is 4.57 Å². The van der Waals surface area contributed by atoms with Gasteiger partial charge in [0.05, 0.1) is 0 Å². The Morgan fingerprint density at radius 1 is 1.00 bits per heavy atom. The summed E-state index contributed by atoms with van der Waals surface area (Å²) in [4.78, 5) is 0. The molecule has 2 bridgehead atoms. The van der Waals surface area contributed by atoms with Gasteiger partial charge in [-0.25, -0.2) is 0 Å². The van der Waals surface area contributed by atoms with E-state index >= 15 is 0 Å². The Hall–Kier alpha value is -3.00. The van der Waals surface area contributed by atoms with Crippen molar-refractivity contribution in [1.29, 1.82) is 0 Å². The molecule has 3 aliphatic rings.